The molecule has 2 heterocycles. The monoisotopic (exact) mass is 394 g/mol. The zero-order valence-corrected chi connectivity index (χ0v) is 15.6. The van der Waals surface area contributed by atoms with E-state index in [9.17, 15) is 14.0 Å². The highest BCUT2D eigenvalue weighted by Gasteiger charge is 2.27. The number of halogens is 2. The molecule has 7 nitrogen and oxygen atoms in total. The Balaban J connectivity index is 1.58. The molecule has 1 aromatic carbocycles. The van der Waals surface area contributed by atoms with Gasteiger partial charge in [-0.1, -0.05) is 17.7 Å². The van der Waals surface area contributed by atoms with E-state index >= 15 is 0 Å². The van der Waals surface area contributed by atoms with Crippen LogP contribution in [0, 0.1) is 5.82 Å². The number of rotatable bonds is 5. The van der Waals surface area contributed by atoms with Crippen LogP contribution in [-0.2, 0) is 11.3 Å². The van der Waals surface area contributed by atoms with Gasteiger partial charge in [0.2, 0.25) is 5.91 Å². The van der Waals surface area contributed by atoms with E-state index in [2.05, 4.69) is 10.00 Å². The Bertz CT molecular complexity index is 829. The van der Waals surface area contributed by atoms with Gasteiger partial charge < -0.3 is 10.0 Å². The van der Waals surface area contributed by atoms with Crippen molar-refractivity contribution in [2.45, 2.75) is 19.5 Å². The lowest BCUT2D eigenvalue weighted by Crippen LogP contribution is -2.50. The van der Waals surface area contributed by atoms with E-state index < -0.39 is 12.0 Å². The van der Waals surface area contributed by atoms with Gasteiger partial charge in [-0.25, -0.2) is 9.18 Å². The lowest BCUT2D eigenvalue weighted by Gasteiger charge is -2.36. The Morgan fingerprint density at radius 2 is 1.96 bits per heavy atom. The zero-order valence-electron chi connectivity index (χ0n) is 14.8. The number of carbonyl (C=O) groups excluding carboxylic acids is 1. The quantitative estimate of drug-likeness (QED) is 0.841. The summed E-state index contributed by atoms with van der Waals surface area (Å²) in [6.07, 6.45) is 1.49. The molecule has 1 saturated heterocycles. The van der Waals surface area contributed by atoms with E-state index in [4.69, 9.17) is 16.7 Å². The van der Waals surface area contributed by atoms with Crippen molar-refractivity contribution in [3.8, 4) is 0 Å². The Hall–Kier alpha value is -2.45. The molecule has 27 heavy (non-hydrogen) atoms. The molecule has 3 rings (SSSR count). The maximum atomic E-state index is 13.9. The predicted molar refractivity (Wildman–Crippen MR) is 97.2 cm³/mol. The van der Waals surface area contributed by atoms with Crippen LogP contribution >= 0.6 is 11.6 Å². The number of hydrogen-bond acceptors (Lipinski definition) is 4. The molecule has 1 amide bonds. The van der Waals surface area contributed by atoms with Crippen LogP contribution in [0.25, 0.3) is 0 Å². The first-order valence-corrected chi connectivity index (χ1v) is 8.97. The van der Waals surface area contributed by atoms with Crippen LogP contribution in [0.1, 0.15) is 29.0 Å². The van der Waals surface area contributed by atoms with Gasteiger partial charge >= 0.3 is 5.97 Å². The molecule has 9 heteroatoms. The molecule has 0 bridgehead atoms. The third-order valence-corrected chi connectivity index (χ3v) is 5.06. The predicted octanol–water partition coefficient (Wildman–Crippen LogP) is 2.28. The summed E-state index contributed by atoms with van der Waals surface area (Å²) in [5.41, 5.74) is 0.367. The summed E-state index contributed by atoms with van der Waals surface area (Å²) in [6, 6.07) is 5.40. The largest absolute Gasteiger partial charge is 0.476 e. The Kier molecular flexibility index (Phi) is 5.76. The summed E-state index contributed by atoms with van der Waals surface area (Å²) in [5, 5.41) is 13.3. The molecule has 144 valence electrons. The van der Waals surface area contributed by atoms with Crippen molar-refractivity contribution >= 4 is 23.5 Å². The second-order valence-corrected chi connectivity index (χ2v) is 6.87. The van der Waals surface area contributed by atoms with Crippen molar-refractivity contribution in [1.82, 2.24) is 19.6 Å². The Morgan fingerprint density at radius 3 is 2.56 bits per heavy atom. The highest BCUT2D eigenvalue weighted by atomic mass is 35.5. The summed E-state index contributed by atoms with van der Waals surface area (Å²) >= 11 is 6.08. The fraction of sp³-hybridized carbons (Fsp3) is 0.389. The third kappa shape index (κ3) is 4.28. The van der Waals surface area contributed by atoms with Crippen LogP contribution < -0.4 is 0 Å². The van der Waals surface area contributed by atoms with Crippen LogP contribution in [-0.4, -0.2) is 62.7 Å². The van der Waals surface area contributed by atoms with E-state index in [1.165, 1.54) is 23.0 Å². The molecule has 0 spiro atoms. The average molecular weight is 395 g/mol. The van der Waals surface area contributed by atoms with E-state index in [-0.39, 0.29) is 17.4 Å². The van der Waals surface area contributed by atoms with Gasteiger partial charge in [0.05, 0.1) is 0 Å². The number of carboxylic acid groups (broad SMARTS) is 1. The minimum atomic E-state index is -1.13. The summed E-state index contributed by atoms with van der Waals surface area (Å²) < 4.78 is 15.3. The van der Waals surface area contributed by atoms with Crippen molar-refractivity contribution in [3.63, 3.8) is 0 Å². The second kappa shape index (κ2) is 8.06. The number of hydrogen-bond donors (Lipinski definition) is 1. The van der Waals surface area contributed by atoms with Crippen LogP contribution in [0.5, 0.6) is 0 Å². The van der Waals surface area contributed by atoms with Crippen molar-refractivity contribution < 1.29 is 19.1 Å². The van der Waals surface area contributed by atoms with Crippen LogP contribution in [0.4, 0.5) is 4.39 Å². The van der Waals surface area contributed by atoms with Crippen molar-refractivity contribution in [3.05, 3.63) is 52.6 Å². The SMILES string of the molecule is CC(C(=O)N1CCN(Cc2c(F)cccc2Cl)CC1)n1ccc(C(=O)O)n1. The van der Waals surface area contributed by atoms with E-state index in [1.54, 1.807) is 24.0 Å². The molecule has 0 aliphatic carbocycles. The second-order valence-electron chi connectivity index (χ2n) is 6.46. The molecular formula is C18H20ClFN4O3. The Labute approximate surface area is 160 Å². The van der Waals surface area contributed by atoms with Gasteiger partial charge in [-0.3, -0.25) is 14.4 Å². The highest BCUT2D eigenvalue weighted by Crippen LogP contribution is 2.22. The van der Waals surface area contributed by atoms with Crippen LogP contribution in [0.2, 0.25) is 5.02 Å². The number of piperazine rings is 1. The van der Waals surface area contributed by atoms with Crippen molar-refractivity contribution in [2.75, 3.05) is 26.2 Å². The molecule has 2 aromatic rings. The van der Waals surface area contributed by atoms with Gasteiger partial charge in [0, 0.05) is 49.5 Å². The smallest absolute Gasteiger partial charge is 0.356 e. The highest BCUT2D eigenvalue weighted by molar-refractivity contribution is 6.31. The van der Waals surface area contributed by atoms with E-state index in [1.807, 2.05) is 0 Å². The molecule has 1 unspecified atom stereocenters. The average Bonchev–Trinajstić information content (AvgIpc) is 3.15. The van der Waals surface area contributed by atoms with Gasteiger partial charge in [-0.05, 0) is 25.1 Å². The number of aromatic nitrogens is 2. The van der Waals surface area contributed by atoms with Crippen molar-refractivity contribution in [2.24, 2.45) is 0 Å². The van der Waals surface area contributed by atoms with Crippen molar-refractivity contribution in [1.29, 1.82) is 0 Å². The maximum Gasteiger partial charge on any atom is 0.356 e. The summed E-state index contributed by atoms with van der Waals surface area (Å²) in [6.45, 7) is 4.28. The van der Waals surface area contributed by atoms with Gasteiger partial charge in [-0.2, -0.15) is 5.10 Å². The lowest BCUT2D eigenvalue weighted by molar-refractivity contribution is -0.136. The number of amides is 1. The number of benzene rings is 1. The minimum absolute atomic E-state index is 0.0961. The summed E-state index contributed by atoms with van der Waals surface area (Å²) in [7, 11) is 0. The Morgan fingerprint density at radius 1 is 1.26 bits per heavy atom. The van der Waals surface area contributed by atoms with Gasteiger partial charge in [-0.15, -0.1) is 0 Å². The molecule has 1 N–H and O–H groups in total. The fourth-order valence-electron chi connectivity index (χ4n) is 3.08. The van der Waals surface area contributed by atoms with E-state index in [0.717, 1.165) is 0 Å². The zero-order chi connectivity index (χ0) is 19.6. The molecule has 1 aromatic heterocycles. The minimum Gasteiger partial charge on any atom is -0.476 e. The first-order chi connectivity index (χ1) is 12.9. The molecule has 1 aliphatic heterocycles. The molecule has 1 aliphatic rings. The number of carbonyl (C=O) groups is 2. The topological polar surface area (TPSA) is 78.7 Å². The van der Waals surface area contributed by atoms with Gasteiger partial charge in [0.15, 0.2) is 5.69 Å². The summed E-state index contributed by atoms with van der Waals surface area (Å²) in [5.74, 6) is -1.59. The molecule has 1 atom stereocenters. The number of carboxylic acids is 1. The lowest BCUT2D eigenvalue weighted by atomic mass is 10.1. The maximum absolute atomic E-state index is 13.9. The summed E-state index contributed by atoms with van der Waals surface area (Å²) in [4.78, 5) is 27.4. The van der Waals surface area contributed by atoms with Gasteiger partial charge in [0.25, 0.3) is 0 Å². The van der Waals surface area contributed by atoms with E-state index in [0.29, 0.717) is 43.3 Å². The van der Waals surface area contributed by atoms with Gasteiger partial charge in [0.1, 0.15) is 11.9 Å². The fourth-order valence-corrected chi connectivity index (χ4v) is 3.30. The number of nitrogens with zero attached hydrogens (tertiary/aromatic N) is 4. The molecule has 0 saturated carbocycles. The van der Waals surface area contributed by atoms with Crippen LogP contribution in [0.3, 0.4) is 0 Å². The molecule has 1 fully saturated rings. The molecule has 0 radical (unpaired) electrons. The molecular weight excluding hydrogens is 375 g/mol. The van der Waals surface area contributed by atoms with Crippen LogP contribution in [0.15, 0.2) is 30.5 Å². The first kappa shape index (κ1) is 19.3. The third-order valence-electron chi connectivity index (χ3n) is 4.71. The number of aromatic carboxylic acids is 1. The standard InChI is InChI=1S/C18H20ClFN4O3/c1-12(24-6-5-16(21-24)18(26)27)17(25)23-9-7-22(8-10-23)11-13-14(19)3-2-4-15(13)20/h2-6,12H,7-11H2,1H3,(H,26,27). The normalized spacial score (nSPS) is 16.3. The first-order valence-electron chi connectivity index (χ1n) is 8.59.